The van der Waals surface area contributed by atoms with Gasteiger partial charge in [-0.05, 0) is 89.8 Å². The van der Waals surface area contributed by atoms with Gasteiger partial charge in [-0.15, -0.1) is 0 Å². The van der Waals surface area contributed by atoms with Crippen molar-refractivity contribution in [3.05, 3.63) is 20.4 Å². The number of nitrogens with one attached hydrogen (secondary N) is 2. The van der Waals surface area contributed by atoms with Gasteiger partial charge in [-0.1, -0.05) is 182 Å². The van der Waals surface area contributed by atoms with E-state index >= 15 is 0 Å². The average molecular weight is 904 g/mol. The van der Waals surface area contributed by atoms with Gasteiger partial charge in [-0.2, -0.15) is 0 Å². The second-order valence-corrected chi connectivity index (χ2v) is 18.9. The van der Waals surface area contributed by atoms with E-state index in [-0.39, 0.29) is 12.1 Å². The van der Waals surface area contributed by atoms with Crippen LogP contribution in [0.25, 0.3) is 0 Å². The Morgan fingerprint density at radius 1 is 0.516 bits per heavy atom. The molecule has 0 aromatic heterocycles. The van der Waals surface area contributed by atoms with Gasteiger partial charge < -0.3 is 29.7 Å². The molecule has 0 fully saturated rings. The molecule has 0 saturated carbocycles. The summed E-state index contributed by atoms with van der Waals surface area (Å²) in [6, 6.07) is 0. The fourth-order valence-corrected chi connectivity index (χ4v) is 8.72. The molecular weight excluding hydrogens is 803 g/mol. The van der Waals surface area contributed by atoms with Crippen molar-refractivity contribution in [1.82, 2.24) is 4.90 Å². The van der Waals surface area contributed by atoms with Crippen molar-refractivity contribution >= 4 is 23.5 Å². The summed E-state index contributed by atoms with van der Waals surface area (Å²) < 4.78 is 17.0. The van der Waals surface area contributed by atoms with Crippen LogP contribution in [0.2, 0.25) is 0 Å². The van der Waals surface area contributed by atoms with Crippen LogP contribution in [0, 0.1) is 5.92 Å². The highest BCUT2D eigenvalue weighted by molar-refractivity contribution is 5.73. The van der Waals surface area contributed by atoms with Crippen molar-refractivity contribution in [3.63, 3.8) is 0 Å². The summed E-state index contributed by atoms with van der Waals surface area (Å²) in [5.41, 5.74) is -0.0511. The number of unbranched alkanes of at least 4 members (excludes halogenated alkanes) is 24. The summed E-state index contributed by atoms with van der Waals surface area (Å²) in [7, 11) is 1.67. The monoisotopic (exact) mass is 904 g/mol. The molecule has 1 aromatic rings. The van der Waals surface area contributed by atoms with Gasteiger partial charge in [0.05, 0.1) is 13.2 Å². The Labute approximate surface area is 393 Å². The molecule has 0 heterocycles. The Kier molecular flexibility index (Phi) is 39.9. The van der Waals surface area contributed by atoms with Gasteiger partial charge in [-0.3, -0.25) is 14.4 Å². The molecule has 2 unspecified atom stereocenters. The topological polar surface area (TPSA) is 123 Å². The normalized spacial score (nSPS) is 12.5. The van der Waals surface area contributed by atoms with Crippen molar-refractivity contribution in [2.24, 2.45) is 5.92 Å². The van der Waals surface area contributed by atoms with Crippen LogP contribution in [0.3, 0.4) is 0 Å². The fraction of sp³-hybridized carbons (Fsp3) is 0.889. The molecule has 10 nitrogen and oxygen atoms in total. The van der Waals surface area contributed by atoms with Crippen molar-refractivity contribution in [3.8, 4) is 0 Å². The standard InChI is InChI=1S/C54H101N3O7/c1-6-10-13-16-17-18-19-24-31-39-48(38-30-15-12-8-3)64-54(61)62-45-35-28-23-22-27-34-43-57(44-36-41-56-51-50(55-5)52(59)53(51)60)42-33-26-21-20-25-32-40-49(58)63-46-47(9-4)37-29-14-11-7-2/h47-48,55-56H,6-46H2,1-5H3. The molecule has 1 aromatic carbocycles. The number of esters is 1. The second-order valence-electron chi connectivity index (χ2n) is 18.9. The number of anilines is 2. The first kappa shape index (κ1) is 59.4. The summed E-state index contributed by atoms with van der Waals surface area (Å²) in [6.07, 6.45) is 39.7. The number of carbonyl (C=O) groups is 2. The Balaban J connectivity index is 2.32. The minimum Gasteiger partial charge on any atom is -0.465 e. The van der Waals surface area contributed by atoms with Crippen LogP contribution in [-0.2, 0) is 19.0 Å². The Morgan fingerprint density at radius 3 is 1.52 bits per heavy atom. The lowest BCUT2D eigenvalue weighted by molar-refractivity contribution is -0.145. The average Bonchev–Trinajstić information content (AvgIpc) is 3.30. The minimum atomic E-state index is -0.486. The minimum absolute atomic E-state index is 0.0203. The highest BCUT2D eigenvalue weighted by atomic mass is 16.7. The van der Waals surface area contributed by atoms with E-state index in [1.54, 1.807) is 7.05 Å². The van der Waals surface area contributed by atoms with Crippen LogP contribution in [0.4, 0.5) is 16.2 Å². The van der Waals surface area contributed by atoms with Crippen LogP contribution in [0.5, 0.6) is 0 Å². The molecule has 10 heteroatoms. The molecule has 0 aliphatic heterocycles. The quantitative estimate of drug-likeness (QED) is 0.0371. The molecule has 374 valence electrons. The van der Waals surface area contributed by atoms with Crippen LogP contribution in [-0.4, -0.2) is 69.6 Å². The lowest BCUT2D eigenvalue weighted by Gasteiger charge is -2.23. The van der Waals surface area contributed by atoms with Crippen LogP contribution >= 0.6 is 0 Å². The number of carbonyl (C=O) groups excluding carboxylic acids is 2. The van der Waals surface area contributed by atoms with Crippen LogP contribution < -0.4 is 21.5 Å². The number of nitrogens with zero attached hydrogens (tertiary/aromatic N) is 1. The summed E-state index contributed by atoms with van der Waals surface area (Å²) in [5, 5.41) is 6.02. The molecule has 0 bridgehead atoms. The molecule has 2 atom stereocenters. The van der Waals surface area contributed by atoms with Gasteiger partial charge >= 0.3 is 12.1 Å². The van der Waals surface area contributed by atoms with Gasteiger partial charge in [0.25, 0.3) is 10.9 Å². The zero-order valence-corrected chi connectivity index (χ0v) is 42.5. The van der Waals surface area contributed by atoms with E-state index in [0.29, 0.717) is 43.5 Å². The molecule has 0 spiro atoms. The van der Waals surface area contributed by atoms with E-state index in [2.05, 4.69) is 43.2 Å². The third kappa shape index (κ3) is 32.1. The molecule has 0 aliphatic rings. The predicted molar refractivity (Wildman–Crippen MR) is 271 cm³/mol. The Bertz CT molecular complexity index is 1300. The number of rotatable bonds is 48. The number of hydrogen-bond donors (Lipinski definition) is 2. The third-order valence-electron chi connectivity index (χ3n) is 13.1. The van der Waals surface area contributed by atoms with E-state index in [1.807, 2.05) is 0 Å². The van der Waals surface area contributed by atoms with Gasteiger partial charge in [0.15, 0.2) is 0 Å². The molecule has 0 amide bonds. The Hall–Kier alpha value is -2.62. The van der Waals surface area contributed by atoms with Gasteiger partial charge in [-0.25, -0.2) is 4.79 Å². The maximum atomic E-state index is 12.6. The summed E-state index contributed by atoms with van der Waals surface area (Å²) in [6.45, 7) is 13.6. The van der Waals surface area contributed by atoms with Gasteiger partial charge in [0.1, 0.15) is 17.5 Å². The molecule has 64 heavy (non-hydrogen) atoms. The van der Waals surface area contributed by atoms with E-state index in [4.69, 9.17) is 14.2 Å². The lowest BCUT2D eigenvalue weighted by atomic mass is 9.99. The molecule has 0 radical (unpaired) electrons. The maximum Gasteiger partial charge on any atom is 0.508 e. The summed E-state index contributed by atoms with van der Waals surface area (Å²) in [4.78, 5) is 51.2. The zero-order chi connectivity index (χ0) is 46.7. The summed E-state index contributed by atoms with van der Waals surface area (Å²) >= 11 is 0. The van der Waals surface area contributed by atoms with Gasteiger partial charge in [0.2, 0.25) is 0 Å². The number of hydrogen-bond acceptors (Lipinski definition) is 10. The molecule has 0 aliphatic carbocycles. The lowest BCUT2D eigenvalue weighted by Crippen LogP contribution is -2.37. The van der Waals surface area contributed by atoms with Crippen molar-refractivity contribution in [1.29, 1.82) is 0 Å². The van der Waals surface area contributed by atoms with Crippen molar-refractivity contribution in [2.75, 3.05) is 57.1 Å². The highest BCUT2D eigenvalue weighted by Crippen LogP contribution is 2.19. The second kappa shape index (κ2) is 43.0. The van der Waals surface area contributed by atoms with E-state index in [9.17, 15) is 19.2 Å². The van der Waals surface area contributed by atoms with Gasteiger partial charge in [0, 0.05) is 20.0 Å². The van der Waals surface area contributed by atoms with E-state index < -0.39 is 17.0 Å². The largest absolute Gasteiger partial charge is 0.508 e. The third-order valence-corrected chi connectivity index (χ3v) is 13.1. The molecule has 0 saturated heterocycles. The first-order chi connectivity index (χ1) is 31.3. The SMILES string of the molecule is CCCCCCCCCCCC(CCCCCC)OC(=O)OCCCCCCCCN(CCCCCCCCC(=O)OCC(CC)CCCCCC)CCCNc1c(NC)c(=O)c1=O. The van der Waals surface area contributed by atoms with Crippen LogP contribution in [0.15, 0.2) is 9.59 Å². The Morgan fingerprint density at radius 2 is 0.969 bits per heavy atom. The number of ether oxygens (including phenoxy) is 3. The highest BCUT2D eigenvalue weighted by Gasteiger charge is 2.19. The van der Waals surface area contributed by atoms with Crippen molar-refractivity contribution < 1.29 is 23.8 Å². The van der Waals surface area contributed by atoms with Crippen LogP contribution in [0.1, 0.15) is 252 Å². The smallest absolute Gasteiger partial charge is 0.465 e. The molecule has 1 rings (SSSR count). The molecular formula is C54H101N3O7. The van der Waals surface area contributed by atoms with Crippen molar-refractivity contribution in [2.45, 2.75) is 259 Å². The first-order valence-corrected chi connectivity index (χ1v) is 27.3. The summed E-state index contributed by atoms with van der Waals surface area (Å²) in [5.74, 6) is 0.460. The maximum absolute atomic E-state index is 12.6. The molecule has 2 N–H and O–H groups in total. The fourth-order valence-electron chi connectivity index (χ4n) is 8.72. The zero-order valence-electron chi connectivity index (χ0n) is 42.5. The van der Waals surface area contributed by atoms with E-state index in [0.717, 1.165) is 116 Å². The van der Waals surface area contributed by atoms with E-state index in [1.165, 1.54) is 122 Å². The predicted octanol–water partition coefficient (Wildman–Crippen LogP) is 14.5. The first-order valence-electron chi connectivity index (χ1n) is 27.3.